The number of benzene rings is 1. The number of rotatable bonds is 5. The van der Waals surface area contributed by atoms with Gasteiger partial charge in [0.2, 0.25) is 5.16 Å². The third kappa shape index (κ3) is 3.21. The zero-order chi connectivity index (χ0) is 14.7. The van der Waals surface area contributed by atoms with Gasteiger partial charge >= 0.3 is 5.97 Å². The number of methoxy groups -OCH3 is 1. The van der Waals surface area contributed by atoms with Crippen LogP contribution in [0.15, 0.2) is 34.3 Å². The molecule has 110 valence electrons. The number of esters is 1. The van der Waals surface area contributed by atoms with E-state index in [0.29, 0.717) is 11.1 Å². The Kier molecular flexibility index (Phi) is 4.45. The van der Waals surface area contributed by atoms with E-state index in [0.717, 1.165) is 11.5 Å². The third-order valence-electron chi connectivity index (χ3n) is 3.22. The molecule has 1 aromatic carbocycles. The van der Waals surface area contributed by atoms with Crippen molar-refractivity contribution in [2.45, 2.75) is 22.5 Å². The van der Waals surface area contributed by atoms with Crippen molar-refractivity contribution in [1.29, 1.82) is 0 Å². The number of nitrogens with zero attached hydrogens (tertiary/aromatic N) is 4. The highest BCUT2D eigenvalue weighted by atomic mass is 32.2. The number of tetrazole rings is 1. The van der Waals surface area contributed by atoms with Crippen molar-refractivity contribution in [2.24, 2.45) is 0 Å². The summed E-state index contributed by atoms with van der Waals surface area (Å²) in [6, 6.07) is 8.48. The summed E-state index contributed by atoms with van der Waals surface area (Å²) in [4.78, 5) is 12.7. The van der Waals surface area contributed by atoms with Crippen molar-refractivity contribution in [3.63, 3.8) is 0 Å². The molecule has 6 nitrogen and oxygen atoms in total. The van der Waals surface area contributed by atoms with E-state index >= 15 is 0 Å². The summed E-state index contributed by atoms with van der Waals surface area (Å²) < 4.78 is 6.11. The Balaban J connectivity index is 1.64. The van der Waals surface area contributed by atoms with Crippen molar-refractivity contribution in [1.82, 2.24) is 20.2 Å². The standard InChI is InChI=1S/C13H14N4O2S2/c1-19-12(18)6-17-13(14-15-16-17)21-8-9-7-20-11-5-3-2-4-10(9)11/h2-5,9H,6-8H2,1H3. The number of carbonyl (C=O) groups excluding carboxylic acids is 1. The maximum Gasteiger partial charge on any atom is 0.327 e. The Bertz CT molecular complexity index is 647. The summed E-state index contributed by atoms with van der Waals surface area (Å²) >= 11 is 3.46. The van der Waals surface area contributed by atoms with Crippen LogP contribution in [0, 0.1) is 0 Å². The molecule has 0 fully saturated rings. The molecule has 1 aromatic heterocycles. The molecule has 0 bridgehead atoms. The van der Waals surface area contributed by atoms with Gasteiger partial charge in [-0.2, -0.15) is 0 Å². The maximum absolute atomic E-state index is 11.3. The predicted molar refractivity (Wildman–Crippen MR) is 80.5 cm³/mol. The lowest BCUT2D eigenvalue weighted by atomic mass is 10.0. The molecule has 3 rings (SSSR count). The third-order valence-corrected chi connectivity index (χ3v) is 5.59. The van der Waals surface area contributed by atoms with Gasteiger partial charge in [-0.15, -0.1) is 16.9 Å². The van der Waals surface area contributed by atoms with Crippen LogP contribution in [0.4, 0.5) is 0 Å². The van der Waals surface area contributed by atoms with E-state index in [1.165, 1.54) is 22.3 Å². The highest BCUT2D eigenvalue weighted by Crippen LogP contribution is 2.41. The first-order valence-electron chi connectivity index (χ1n) is 6.45. The van der Waals surface area contributed by atoms with Crippen LogP contribution in [0.2, 0.25) is 0 Å². The smallest absolute Gasteiger partial charge is 0.327 e. The molecule has 1 aliphatic rings. The molecule has 0 spiro atoms. The van der Waals surface area contributed by atoms with Crippen molar-refractivity contribution in [2.75, 3.05) is 18.6 Å². The molecule has 2 heterocycles. The van der Waals surface area contributed by atoms with E-state index in [-0.39, 0.29) is 12.5 Å². The lowest BCUT2D eigenvalue weighted by molar-refractivity contribution is -0.141. The SMILES string of the molecule is COC(=O)Cn1nnnc1SCC1CSc2ccccc21. The van der Waals surface area contributed by atoms with Crippen molar-refractivity contribution in [3.8, 4) is 0 Å². The first-order valence-corrected chi connectivity index (χ1v) is 8.42. The molecule has 1 aliphatic heterocycles. The molecule has 0 radical (unpaired) electrons. The molecule has 0 aliphatic carbocycles. The van der Waals surface area contributed by atoms with Crippen LogP contribution < -0.4 is 0 Å². The fourth-order valence-corrected chi connectivity index (χ4v) is 4.52. The van der Waals surface area contributed by atoms with E-state index in [2.05, 4.69) is 44.5 Å². The van der Waals surface area contributed by atoms with E-state index in [1.807, 2.05) is 11.8 Å². The number of ether oxygens (including phenoxy) is 1. The summed E-state index contributed by atoms with van der Waals surface area (Å²) in [5.41, 5.74) is 1.39. The second-order valence-electron chi connectivity index (χ2n) is 4.55. The van der Waals surface area contributed by atoms with Crippen LogP contribution in [0.25, 0.3) is 0 Å². The fourth-order valence-electron chi connectivity index (χ4n) is 2.13. The average molecular weight is 322 g/mol. The number of hydrogen-bond acceptors (Lipinski definition) is 7. The van der Waals surface area contributed by atoms with Gasteiger partial charge in [-0.1, -0.05) is 30.0 Å². The Hall–Kier alpha value is -1.54. The number of hydrogen-bond donors (Lipinski definition) is 0. The molecule has 0 N–H and O–H groups in total. The first kappa shape index (κ1) is 14.4. The lowest BCUT2D eigenvalue weighted by Gasteiger charge is -2.09. The van der Waals surface area contributed by atoms with Gasteiger partial charge in [0, 0.05) is 22.3 Å². The lowest BCUT2D eigenvalue weighted by Crippen LogP contribution is -2.14. The minimum atomic E-state index is -0.356. The van der Waals surface area contributed by atoms with Gasteiger partial charge in [0.1, 0.15) is 6.54 Å². The van der Waals surface area contributed by atoms with E-state index in [9.17, 15) is 4.79 Å². The van der Waals surface area contributed by atoms with Crippen LogP contribution in [0.1, 0.15) is 11.5 Å². The zero-order valence-electron chi connectivity index (χ0n) is 11.4. The normalized spacial score (nSPS) is 16.7. The molecule has 8 heteroatoms. The summed E-state index contributed by atoms with van der Waals surface area (Å²) in [7, 11) is 1.35. The number of carbonyl (C=O) groups is 1. The van der Waals surface area contributed by atoms with Crippen molar-refractivity contribution >= 4 is 29.5 Å². The maximum atomic E-state index is 11.3. The number of fused-ring (bicyclic) bond motifs is 1. The van der Waals surface area contributed by atoms with E-state index in [1.54, 1.807) is 11.8 Å². The second-order valence-corrected chi connectivity index (χ2v) is 6.60. The van der Waals surface area contributed by atoms with Crippen LogP contribution in [-0.2, 0) is 16.1 Å². The van der Waals surface area contributed by atoms with Crippen molar-refractivity contribution < 1.29 is 9.53 Å². The molecule has 21 heavy (non-hydrogen) atoms. The Morgan fingerprint density at radius 1 is 1.52 bits per heavy atom. The van der Waals surface area contributed by atoms with Gasteiger partial charge in [-0.3, -0.25) is 4.79 Å². The summed E-state index contributed by atoms with van der Waals surface area (Å²) in [6.45, 7) is 0.0435. The molecular weight excluding hydrogens is 308 g/mol. The molecule has 1 atom stereocenters. The van der Waals surface area contributed by atoms with E-state index in [4.69, 9.17) is 0 Å². The molecule has 0 saturated heterocycles. The van der Waals surface area contributed by atoms with Crippen LogP contribution >= 0.6 is 23.5 Å². The Morgan fingerprint density at radius 3 is 3.24 bits per heavy atom. The molecule has 0 saturated carbocycles. The van der Waals surface area contributed by atoms with Gasteiger partial charge in [0.05, 0.1) is 7.11 Å². The number of aromatic nitrogens is 4. The first-order chi connectivity index (χ1) is 10.3. The Labute approximate surface area is 130 Å². The molecule has 2 aromatic rings. The summed E-state index contributed by atoms with van der Waals surface area (Å²) in [5, 5.41) is 12.1. The largest absolute Gasteiger partial charge is 0.468 e. The van der Waals surface area contributed by atoms with Gasteiger partial charge in [-0.05, 0) is 22.1 Å². The molecule has 0 amide bonds. The fraction of sp³-hybridized carbons (Fsp3) is 0.385. The highest BCUT2D eigenvalue weighted by Gasteiger charge is 2.23. The van der Waals surface area contributed by atoms with Crippen molar-refractivity contribution in [3.05, 3.63) is 29.8 Å². The van der Waals surface area contributed by atoms with Gasteiger partial charge in [-0.25, -0.2) is 4.68 Å². The zero-order valence-corrected chi connectivity index (χ0v) is 13.1. The number of thioether (sulfide) groups is 2. The summed E-state index contributed by atoms with van der Waals surface area (Å²) in [6.07, 6.45) is 0. The molecular formula is C13H14N4O2S2. The van der Waals surface area contributed by atoms with Gasteiger partial charge in [0.25, 0.3) is 0 Å². The minimum Gasteiger partial charge on any atom is -0.468 e. The molecule has 1 unspecified atom stereocenters. The monoisotopic (exact) mass is 322 g/mol. The van der Waals surface area contributed by atoms with E-state index < -0.39 is 0 Å². The van der Waals surface area contributed by atoms with Gasteiger partial charge in [0.15, 0.2) is 0 Å². The highest BCUT2D eigenvalue weighted by molar-refractivity contribution is 8.00. The topological polar surface area (TPSA) is 69.9 Å². The van der Waals surface area contributed by atoms with Crippen LogP contribution in [0.5, 0.6) is 0 Å². The van der Waals surface area contributed by atoms with Crippen LogP contribution in [0.3, 0.4) is 0 Å². The second kappa shape index (κ2) is 6.48. The van der Waals surface area contributed by atoms with Gasteiger partial charge < -0.3 is 4.74 Å². The minimum absolute atomic E-state index is 0.0435. The predicted octanol–water partition coefficient (Wildman–Crippen LogP) is 1.83. The average Bonchev–Trinajstić information content (AvgIpc) is 3.11. The summed E-state index contributed by atoms with van der Waals surface area (Å²) in [5.74, 6) is 2.10. The Morgan fingerprint density at radius 2 is 2.38 bits per heavy atom. The van der Waals surface area contributed by atoms with Crippen LogP contribution in [-0.4, -0.2) is 44.8 Å². The quantitative estimate of drug-likeness (QED) is 0.614.